The second kappa shape index (κ2) is 1.70. The SMILES string of the molecule is CC12CCC(C1)C(=O)C2(C)C. The number of carbonyl (C=O) groups excluding carboxylic acids is 1. The molecular weight excluding hydrogens is 136 g/mol. The lowest BCUT2D eigenvalue weighted by Crippen LogP contribution is -2.37. The number of ketones is 1. The van der Waals surface area contributed by atoms with Gasteiger partial charge < -0.3 is 0 Å². The molecule has 0 N–H and O–H groups in total. The summed E-state index contributed by atoms with van der Waals surface area (Å²) in [6, 6.07) is 0. The van der Waals surface area contributed by atoms with Crippen molar-refractivity contribution < 1.29 is 4.79 Å². The Morgan fingerprint density at radius 3 is 2.27 bits per heavy atom. The zero-order valence-electron chi connectivity index (χ0n) is 7.61. The van der Waals surface area contributed by atoms with Crippen LogP contribution in [0, 0.1) is 16.7 Å². The minimum atomic E-state index is -0.0318. The van der Waals surface area contributed by atoms with Crippen LogP contribution in [0.15, 0.2) is 0 Å². The topological polar surface area (TPSA) is 17.1 Å². The third-order valence-electron chi connectivity index (χ3n) is 4.24. The minimum absolute atomic E-state index is 0.0318. The molecule has 0 aromatic heterocycles. The summed E-state index contributed by atoms with van der Waals surface area (Å²) in [5, 5.41) is 0. The summed E-state index contributed by atoms with van der Waals surface area (Å²) in [7, 11) is 0. The molecule has 11 heavy (non-hydrogen) atoms. The highest BCUT2D eigenvalue weighted by atomic mass is 16.1. The van der Waals surface area contributed by atoms with Crippen LogP contribution < -0.4 is 0 Å². The van der Waals surface area contributed by atoms with E-state index in [4.69, 9.17) is 0 Å². The second-order valence-corrected chi connectivity index (χ2v) is 4.99. The average Bonchev–Trinajstić information content (AvgIpc) is 2.36. The molecule has 2 atom stereocenters. The number of Topliss-reactive ketones (excluding diaryl/α,β-unsaturated/α-hetero) is 1. The first-order valence-corrected chi connectivity index (χ1v) is 4.52. The first kappa shape index (κ1) is 7.33. The van der Waals surface area contributed by atoms with Gasteiger partial charge in [0.1, 0.15) is 5.78 Å². The van der Waals surface area contributed by atoms with Crippen molar-refractivity contribution >= 4 is 5.78 Å². The smallest absolute Gasteiger partial charge is 0.142 e. The Morgan fingerprint density at radius 1 is 1.36 bits per heavy atom. The fourth-order valence-corrected chi connectivity index (χ4v) is 2.84. The first-order valence-electron chi connectivity index (χ1n) is 4.52. The molecule has 1 heteroatoms. The molecule has 0 radical (unpaired) electrons. The zero-order valence-corrected chi connectivity index (χ0v) is 7.61. The van der Waals surface area contributed by atoms with E-state index in [1.165, 1.54) is 6.42 Å². The first-order chi connectivity index (χ1) is 4.97. The maximum Gasteiger partial charge on any atom is 0.142 e. The maximum absolute atomic E-state index is 11.7. The molecule has 2 saturated carbocycles. The summed E-state index contributed by atoms with van der Waals surface area (Å²) < 4.78 is 0. The quantitative estimate of drug-likeness (QED) is 0.521. The predicted molar refractivity (Wildman–Crippen MR) is 44.2 cm³/mol. The summed E-state index contributed by atoms with van der Waals surface area (Å²) in [5.41, 5.74) is 0.296. The van der Waals surface area contributed by atoms with Crippen LogP contribution >= 0.6 is 0 Å². The normalized spacial score (nSPS) is 46.8. The van der Waals surface area contributed by atoms with Gasteiger partial charge in [-0.25, -0.2) is 0 Å². The van der Waals surface area contributed by atoms with Crippen molar-refractivity contribution in [2.45, 2.75) is 40.0 Å². The van der Waals surface area contributed by atoms with Gasteiger partial charge in [0.2, 0.25) is 0 Å². The number of carbonyl (C=O) groups is 1. The van der Waals surface area contributed by atoms with Gasteiger partial charge in [-0.1, -0.05) is 20.8 Å². The Bertz CT molecular complexity index is 217. The molecule has 2 bridgehead atoms. The van der Waals surface area contributed by atoms with Gasteiger partial charge in [0.25, 0.3) is 0 Å². The van der Waals surface area contributed by atoms with Crippen LogP contribution in [0.4, 0.5) is 0 Å². The largest absolute Gasteiger partial charge is 0.299 e. The second-order valence-electron chi connectivity index (χ2n) is 4.99. The maximum atomic E-state index is 11.7. The van der Waals surface area contributed by atoms with Crippen molar-refractivity contribution in [3.05, 3.63) is 0 Å². The molecule has 0 saturated heterocycles. The van der Waals surface area contributed by atoms with E-state index in [2.05, 4.69) is 20.8 Å². The Kier molecular flexibility index (Phi) is 1.13. The minimum Gasteiger partial charge on any atom is -0.299 e. The van der Waals surface area contributed by atoms with Gasteiger partial charge in [0.05, 0.1) is 0 Å². The van der Waals surface area contributed by atoms with Crippen molar-refractivity contribution in [3.8, 4) is 0 Å². The summed E-state index contributed by atoms with van der Waals surface area (Å²) in [6.45, 7) is 6.51. The number of hydrogen-bond donors (Lipinski definition) is 0. The van der Waals surface area contributed by atoms with Crippen LogP contribution in [-0.2, 0) is 4.79 Å². The Labute approximate surface area is 68.2 Å². The highest BCUT2D eigenvalue weighted by molar-refractivity contribution is 5.90. The summed E-state index contributed by atoms with van der Waals surface area (Å²) in [5.74, 6) is 0.932. The third-order valence-corrected chi connectivity index (χ3v) is 4.24. The van der Waals surface area contributed by atoms with E-state index < -0.39 is 0 Å². The highest BCUT2D eigenvalue weighted by Crippen LogP contribution is 2.61. The van der Waals surface area contributed by atoms with Crippen molar-refractivity contribution in [3.63, 3.8) is 0 Å². The molecular formula is C10H16O. The molecule has 2 fully saturated rings. The molecule has 62 valence electrons. The molecule has 0 amide bonds. The number of hydrogen-bond acceptors (Lipinski definition) is 1. The highest BCUT2D eigenvalue weighted by Gasteiger charge is 2.59. The molecule has 2 aliphatic carbocycles. The van der Waals surface area contributed by atoms with Gasteiger partial charge in [-0.15, -0.1) is 0 Å². The van der Waals surface area contributed by atoms with E-state index >= 15 is 0 Å². The van der Waals surface area contributed by atoms with Crippen molar-refractivity contribution in [2.75, 3.05) is 0 Å². The zero-order chi connectivity index (χ0) is 8.28. The lowest BCUT2D eigenvalue weighted by atomic mass is 9.66. The van der Waals surface area contributed by atoms with E-state index in [0.717, 1.165) is 12.8 Å². The van der Waals surface area contributed by atoms with Gasteiger partial charge in [-0.3, -0.25) is 4.79 Å². The van der Waals surface area contributed by atoms with E-state index in [0.29, 0.717) is 17.1 Å². The van der Waals surface area contributed by atoms with Crippen LogP contribution in [0.25, 0.3) is 0 Å². The predicted octanol–water partition coefficient (Wildman–Crippen LogP) is 2.40. The average molecular weight is 152 g/mol. The van der Waals surface area contributed by atoms with Gasteiger partial charge in [0.15, 0.2) is 0 Å². The molecule has 0 spiro atoms. The monoisotopic (exact) mass is 152 g/mol. The summed E-state index contributed by atoms with van der Waals surface area (Å²) >= 11 is 0. The number of rotatable bonds is 0. The van der Waals surface area contributed by atoms with E-state index in [1.54, 1.807) is 0 Å². The molecule has 0 aliphatic heterocycles. The Hall–Kier alpha value is -0.330. The van der Waals surface area contributed by atoms with Gasteiger partial charge in [-0.05, 0) is 24.7 Å². The lowest BCUT2D eigenvalue weighted by Gasteiger charge is -2.37. The van der Waals surface area contributed by atoms with E-state index in [-0.39, 0.29) is 5.41 Å². The summed E-state index contributed by atoms with van der Waals surface area (Å²) in [4.78, 5) is 11.7. The van der Waals surface area contributed by atoms with Gasteiger partial charge in [-0.2, -0.15) is 0 Å². The van der Waals surface area contributed by atoms with Crippen LogP contribution in [0.3, 0.4) is 0 Å². The van der Waals surface area contributed by atoms with Crippen LogP contribution in [-0.4, -0.2) is 5.78 Å². The van der Waals surface area contributed by atoms with Crippen LogP contribution in [0.1, 0.15) is 40.0 Å². The van der Waals surface area contributed by atoms with Crippen molar-refractivity contribution in [2.24, 2.45) is 16.7 Å². The standard InChI is InChI=1S/C10H16O/c1-9(2)8(11)7-4-5-10(9,3)6-7/h7H,4-6H2,1-3H3. The van der Waals surface area contributed by atoms with Crippen LogP contribution in [0.5, 0.6) is 0 Å². The van der Waals surface area contributed by atoms with Gasteiger partial charge in [0, 0.05) is 11.3 Å². The Morgan fingerprint density at radius 2 is 2.00 bits per heavy atom. The number of fused-ring (bicyclic) bond motifs is 2. The van der Waals surface area contributed by atoms with Gasteiger partial charge >= 0.3 is 0 Å². The molecule has 0 heterocycles. The Balaban J connectivity index is 2.44. The molecule has 1 nitrogen and oxygen atoms in total. The van der Waals surface area contributed by atoms with Crippen molar-refractivity contribution in [1.82, 2.24) is 0 Å². The molecule has 2 unspecified atom stereocenters. The molecule has 0 aromatic carbocycles. The molecule has 0 aromatic rings. The molecule has 2 aliphatic rings. The third kappa shape index (κ3) is 0.646. The van der Waals surface area contributed by atoms with Crippen molar-refractivity contribution in [1.29, 1.82) is 0 Å². The fraction of sp³-hybridized carbons (Fsp3) is 0.900. The van der Waals surface area contributed by atoms with Crippen LogP contribution in [0.2, 0.25) is 0 Å². The summed E-state index contributed by atoms with van der Waals surface area (Å²) in [6.07, 6.45) is 3.56. The van der Waals surface area contributed by atoms with E-state index in [9.17, 15) is 4.79 Å². The molecule has 2 rings (SSSR count). The lowest BCUT2D eigenvalue weighted by molar-refractivity contribution is -0.132. The van der Waals surface area contributed by atoms with E-state index in [1.807, 2.05) is 0 Å². The fourth-order valence-electron chi connectivity index (χ4n) is 2.84.